The molecule has 5 heteroatoms. The zero-order chi connectivity index (χ0) is 12.3. The van der Waals surface area contributed by atoms with Crippen LogP contribution in [-0.4, -0.2) is 20.9 Å². The molecule has 0 bridgehead atoms. The smallest absolute Gasteiger partial charge is 0.354 e. The number of carboxylic acids is 1. The van der Waals surface area contributed by atoms with Gasteiger partial charge in [0.2, 0.25) is 0 Å². The van der Waals surface area contributed by atoms with Gasteiger partial charge in [-0.2, -0.15) is 5.10 Å². The van der Waals surface area contributed by atoms with Crippen LogP contribution in [0.3, 0.4) is 0 Å². The van der Waals surface area contributed by atoms with E-state index in [-0.39, 0.29) is 11.5 Å². The molecule has 0 fully saturated rings. The van der Waals surface area contributed by atoms with Gasteiger partial charge in [0.1, 0.15) is 11.5 Å². The van der Waals surface area contributed by atoms with Crippen molar-refractivity contribution in [2.24, 2.45) is 0 Å². The van der Waals surface area contributed by atoms with Crippen LogP contribution in [0.4, 0.5) is 4.39 Å². The molecule has 2 rings (SSSR count). The molecule has 0 aliphatic heterocycles. The largest absolute Gasteiger partial charge is 0.477 e. The van der Waals surface area contributed by atoms with Gasteiger partial charge in [-0.25, -0.2) is 9.18 Å². The van der Waals surface area contributed by atoms with Crippen molar-refractivity contribution >= 4 is 5.97 Å². The molecule has 0 atom stereocenters. The Morgan fingerprint density at radius 1 is 1.29 bits per heavy atom. The summed E-state index contributed by atoms with van der Waals surface area (Å²) in [5.74, 6) is -1.28. The summed E-state index contributed by atoms with van der Waals surface area (Å²) < 4.78 is 14.1. The summed E-state index contributed by atoms with van der Waals surface area (Å²) in [6.45, 7) is 0.459. The average Bonchev–Trinajstić information content (AvgIpc) is 2.76. The molecule has 88 valence electrons. The maximum atomic E-state index is 12.7. The van der Waals surface area contributed by atoms with Gasteiger partial charge in [-0.05, 0) is 30.2 Å². The predicted molar refractivity (Wildman–Crippen MR) is 59.3 cm³/mol. The van der Waals surface area contributed by atoms with Gasteiger partial charge in [0.25, 0.3) is 0 Å². The quantitative estimate of drug-likeness (QED) is 0.879. The highest BCUT2D eigenvalue weighted by molar-refractivity contribution is 5.85. The molecule has 4 nitrogen and oxygen atoms in total. The molecule has 0 spiro atoms. The highest BCUT2D eigenvalue weighted by atomic mass is 19.1. The fraction of sp³-hybridized carbons (Fsp3) is 0.167. The van der Waals surface area contributed by atoms with Crippen molar-refractivity contribution in [1.29, 1.82) is 0 Å². The van der Waals surface area contributed by atoms with Gasteiger partial charge >= 0.3 is 5.97 Å². The fourth-order valence-electron chi connectivity index (χ4n) is 1.58. The maximum absolute atomic E-state index is 12.7. The van der Waals surface area contributed by atoms with Crippen LogP contribution in [0.2, 0.25) is 0 Å². The van der Waals surface area contributed by atoms with Crippen molar-refractivity contribution in [1.82, 2.24) is 9.78 Å². The molecule has 1 aromatic heterocycles. The molecule has 0 saturated heterocycles. The Kier molecular flexibility index (Phi) is 3.18. The summed E-state index contributed by atoms with van der Waals surface area (Å²) in [4.78, 5) is 10.8. The van der Waals surface area contributed by atoms with Gasteiger partial charge in [-0.15, -0.1) is 0 Å². The van der Waals surface area contributed by atoms with Crippen LogP contribution in [0.25, 0.3) is 0 Å². The Labute approximate surface area is 97.3 Å². The Morgan fingerprint density at radius 3 is 2.65 bits per heavy atom. The highest BCUT2D eigenvalue weighted by Crippen LogP contribution is 2.06. The van der Waals surface area contributed by atoms with Gasteiger partial charge in [0.15, 0.2) is 0 Å². The van der Waals surface area contributed by atoms with Crippen LogP contribution in [-0.2, 0) is 13.0 Å². The highest BCUT2D eigenvalue weighted by Gasteiger charge is 2.09. The van der Waals surface area contributed by atoms with Gasteiger partial charge in [-0.3, -0.25) is 4.68 Å². The van der Waals surface area contributed by atoms with Gasteiger partial charge < -0.3 is 5.11 Å². The van der Waals surface area contributed by atoms with E-state index in [0.29, 0.717) is 13.0 Å². The normalized spacial score (nSPS) is 10.4. The van der Waals surface area contributed by atoms with E-state index in [1.54, 1.807) is 12.1 Å². The minimum absolute atomic E-state index is 0.159. The lowest BCUT2D eigenvalue weighted by Gasteiger charge is -2.04. The van der Waals surface area contributed by atoms with Gasteiger partial charge in [0.05, 0.1) is 0 Å². The summed E-state index contributed by atoms with van der Waals surface area (Å²) in [6.07, 6.45) is 2.07. The van der Waals surface area contributed by atoms with E-state index in [4.69, 9.17) is 5.11 Å². The predicted octanol–water partition coefficient (Wildman–Crippen LogP) is 1.96. The second-order valence-electron chi connectivity index (χ2n) is 3.62. The number of nitrogens with zero attached hydrogens (tertiary/aromatic N) is 2. The van der Waals surface area contributed by atoms with Crippen molar-refractivity contribution < 1.29 is 14.3 Å². The van der Waals surface area contributed by atoms with Crippen LogP contribution in [0, 0.1) is 5.82 Å². The van der Waals surface area contributed by atoms with Crippen LogP contribution < -0.4 is 0 Å². The van der Waals surface area contributed by atoms with E-state index in [0.717, 1.165) is 5.56 Å². The van der Waals surface area contributed by atoms with Crippen molar-refractivity contribution in [3.8, 4) is 0 Å². The first-order valence-corrected chi connectivity index (χ1v) is 5.16. The van der Waals surface area contributed by atoms with Crippen LogP contribution in [0.15, 0.2) is 36.5 Å². The number of aromatic nitrogens is 2. The number of aromatic carboxylic acids is 1. The lowest BCUT2D eigenvalue weighted by Crippen LogP contribution is -2.11. The molecule has 2 aromatic rings. The van der Waals surface area contributed by atoms with Crippen molar-refractivity contribution in [3.05, 3.63) is 53.6 Å². The number of carbonyl (C=O) groups is 1. The third-order valence-electron chi connectivity index (χ3n) is 2.46. The molecule has 0 radical (unpaired) electrons. The molecule has 1 heterocycles. The Bertz CT molecular complexity index is 520. The molecule has 17 heavy (non-hydrogen) atoms. The monoisotopic (exact) mass is 234 g/mol. The molecular formula is C12H11FN2O2. The third-order valence-corrected chi connectivity index (χ3v) is 2.46. The van der Waals surface area contributed by atoms with Crippen LogP contribution in [0.1, 0.15) is 16.1 Å². The van der Waals surface area contributed by atoms with E-state index < -0.39 is 5.97 Å². The Balaban J connectivity index is 2.05. The van der Waals surface area contributed by atoms with E-state index in [1.165, 1.54) is 29.1 Å². The molecule has 1 N–H and O–H groups in total. The molecule has 1 aromatic carbocycles. The van der Waals surface area contributed by atoms with Crippen molar-refractivity contribution in [2.75, 3.05) is 0 Å². The van der Waals surface area contributed by atoms with Gasteiger partial charge in [-0.1, -0.05) is 12.1 Å². The summed E-state index contributed by atoms with van der Waals surface area (Å²) in [5.41, 5.74) is 1.10. The number of benzene rings is 1. The summed E-state index contributed by atoms with van der Waals surface area (Å²) in [7, 11) is 0. The third kappa shape index (κ3) is 2.69. The summed E-state index contributed by atoms with van der Waals surface area (Å²) >= 11 is 0. The topological polar surface area (TPSA) is 55.1 Å². The van der Waals surface area contributed by atoms with Crippen LogP contribution >= 0.6 is 0 Å². The first-order chi connectivity index (χ1) is 8.16. The number of halogens is 1. The number of hydrogen-bond donors (Lipinski definition) is 1. The molecule has 0 saturated carbocycles. The summed E-state index contributed by atoms with van der Waals surface area (Å²) in [6, 6.07) is 7.58. The molecule has 0 aliphatic rings. The first kappa shape index (κ1) is 11.3. The van der Waals surface area contributed by atoms with E-state index >= 15 is 0 Å². The second-order valence-corrected chi connectivity index (χ2v) is 3.62. The molecular weight excluding hydrogens is 223 g/mol. The second kappa shape index (κ2) is 4.78. The Morgan fingerprint density at radius 2 is 2.00 bits per heavy atom. The molecule has 0 unspecified atom stereocenters. The standard InChI is InChI=1S/C12H11FN2O2/c13-10-3-1-9(2-4-10)6-8-15-11(12(16)17)5-7-14-15/h1-5,7H,6,8H2,(H,16,17). The SMILES string of the molecule is O=C(O)c1ccnn1CCc1ccc(F)cc1. The number of rotatable bonds is 4. The fourth-order valence-corrected chi connectivity index (χ4v) is 1.58. The molecule has 0 aliphatic carbocycles. The van der Waals surface area contributed by atoms with E-state index in [1.807, 2.05) is 0 Å². The maximum Gasteiger partial charge on any atom is 0.354 e. The summed E-state index contributed by atoms with van der Waals surface area (Å²) in [5, 5.41) is 12.8. The number of hydrogen-bond acceptors (Lipinski definition) is 2. The molecule has 0 amide bonds. The van der Waals surface area contributed by atoms with Gasteiger partial charge in [0, 0.05) is 12.7 Å². The Hall–Kier alpha value is -2.17. The van der Waals surface area contributed by atoms with Crippen LogP contribution in [0.5, 0.6) is 0 Å². The number of carboxylic acid groups (broad SMARTS) is 1. The van der Waals surface area contributed by atoms with E-state index in [9.17, 15) is 9.18 Å². The zero-order valence-electron chi connectivity index (χ0n) is 9.01. The van der Waals surface area contributed by atoms with E-state index in [2.05, 4.69) is 5.10 Å². The van der Waals surface area contributed by atoms with Crippen molar-refractivity contribution in [2.45, 2.75) is 13.0 Å². The minimum atomic E-state index is -0.999. The zero-order valence-corrected chi connectivity index (χ0v) is 9.01. The van der Waals surface area contributed by atoms with Crippen molar-refractivity contribution in [3.63, 3.8) is 0 Å². The number of aryl methyl sites for hydroxylation is 2. The lowest BCUT2D eigenvalue weighted by molar-refractivity contribution is 0.0683. The minimum Gasteiger partial charge on any atom is -0.477 e. The average molecular weight is 234 g/mol. The lowest BCUT2D eigenvalue weighted by atomic mass is 10.1. The first-order valence-electron chi connectivity index (χ1n) is 5.16.